The van der Waals surface area contributed by atoms with Crippen molar-refractivity contribution in [2.75, 3.05) is 20.1 Å². The Kier molecular flexibility index (Phi) is 3.72. The zero-order valence-electron chi connectivity index (χ0n) is 8.84. The number of amides is 1. The van der Waals surface area contributed by atoms with Crippen molar-refractivity contribution in [3.05, 3.63) is 0 Å². The van der Waals surface area contributed by atoms with Gasteiger partial charge in [-0.2, -0.15) is 0 Å². The van der Waals surface area contributed by atoms with Gasteiger partial charge in [-0.3, -0.25) is 4.79 Å². The zero-order valence-corrected chi connectivity index (χ0v) is 8.84. The van der Waals surface area contributed by atoms with E-state index in [0.29, 0.717) is 17.9 Å². The molecule has 13 heavy (non-hydrogen) atoms. The molecule has 0 aliphatic heterocycles. The molecule has 1 amide bonds. The highest BCUT2D eigenvalue weighted by Gasteiger charge is 2.31. The minimum Gasteiger partial charge on any atom is -0.344 e. The van der Waals surface area contributed by atoms with E-state index in [9.17, 15) is 4.79 Å². The van der Waals surface area contributed by atoms with Gasteiger partial charge in [0.25, 0.3) is 0 Å². The summed E-state index contributed by atoms with van der Waals surface area (Å²) in [7, 11) is 1.89. The third-order valence-corrected chi connectivity index (χ3v) is 2.30. The maximum absolute atomic E-state index is 11.5. The van der Waals surface area contributed by atoms with Crippen LogP contribution in [-0.4, -0.2) is 37.0 Å². The van der Waals surface area contributed by atoms with E-state index < -0.39 is 0 Å². The fourth-order valence-corrected chi connectivity index (χ4v) is 1.27. The minimum atomic E-state index is 0.325. The average Bonchev–Trinajstić information content (AvgIpc) is 2.84. The molecule has 1 N–H and O–H groups in total. The van der Waals surface area contributed by atoms with Gasteiger partial charge in [0.15, 0.2) is 0 Å². The van der Waals surface area contributed by atoms with Crippen LogP contribution in [0.15, 0.2) is 0 Å². The molecule has 0 bridgehead atoms. The summed E-state index contributed by atoms with van der Waals surface area (Å²) in [5.74, 6) is 0.676. The first-order chi connectivity index (χ1) is 6.11. The Balaban J connectivity index is 2.09. The number of rotatable bonds is 5. The average molecular weight is 184 g/mol. The molecule has 76 valence electrons. The van der Waals surface area contributed by atoms with E-state index >= 15 is 0 Å². The molecule has 0 heterocycles. The summed E-state index contributed by atoms with van der Waals surface area (Å²) in [5, 5.41) is 3.30. The quantitative estimate of drug-likeness (QED) is 0.687. The summed E-state index contributed by atoms with van der Waals surface area (Å²) in [4.78, 5) is 13.3. The first kappa shape index (κ1) is 10.5. The second-order valence-corrected chi connectivity index (χ2v) is 4.14. The van der Waals surface area contributed by atoms with Crippen molar-refractivity contribution in [2.45, 2.75) is 32.7 Å². The van der Waals surface area contributed by atoms with Gasteiger partial charge in [0.2, 0.25) is 5.91 Å². The van der Waals surface area contributed by atoms with E-state index in [0.717, 1.165) is 25.9 Å². The van der Waals surface area contributed by atoms with Gasteiger partial charge in [0.1, 0.15) is 0 Å². The summed E-state index contributed by atoms with van der Waals surface area (Å²) < 4.78 is 0. The van der Waals surface area contributed by atoms with Gasteiger partial charge in [-0.1, -0.05) is 13.8 Å². The number of carbonyl (C=O) groups excluding carboxylic acids is 1. The SMILES string of the molecule is CC(C)NCCN(C)C(=O)C1CC1. The Bertz CT molecular complexity index is 176. The molecule has 1 aliphatic rings. The standard InChI is InChI=1S/C10H20N2O/c1-8(2)11-6-7-12(3)10(13)9-4-5-9/h8-9,11H,4-7H2,1-3H3. The Morgan fingerprint density at radius 3 is 2.62 bits per heavy atom. The molecule has 0 aromatic heterocycles. The molecule has 3 nitrogen and oxygen atoms in total. The summed E-state index contributed by atoms with van der Waals surface area (Å²) in [6, 6.07) is 0.504. The van der Waals surface area contributed by atoms with Crippen molar-refractivity contribution < 1.29 is 4.79 Å². The Hall–Kier alpha value is -0.570. The van der Waals surface area contributed by atoms with Gasteiger partial charge < -0.3 is 10.2 Å². The molecule has 0 aromatic rings. The maximum atomic E-state index is 11.5. The first-order valence-electron chi connectivity index (χ1n) is 5.09. The zero-order chi connectivity index (χ0) is 9.84. The lowest BCUT2D eigenvalue weighted by Crippen LogP contribution is -2.36. The van der Waals surface area contributed by atoms with Crippen LogP contribution in [0.1, 0.15) is 26.7 Å². The van der Waals surface area contributed by atoms with Crippen molar-refractivity contribution in [2.24, 2.45) is 5.92 Å². The molecule has 3 heteroatoms. The highest BCUT2D eigenvalue weighted by Crippen LogP contribution is 2.30. The van der Waals surface area contributed by atoms with Crippen LogP contribution in [0.3, 0.4) is 0 Å². The number of nitrogens with zero attached hydrogens (tertiary/aromatic N) is 1. The number of likely N-dealkylation sites (N-methyl/N-ethyl adjacent to an activating group) is 1. The number of hydrogen-bond donors (Lipinski definition) is 1. The summed E-state index contributed by atoms with van der Waals surface area (Å²) >= 11 is 0. The lowest BCUT2D eigenvalue weighted by Gasteiger charge is -2.18. The Labute approximate surface area is 80.5 Å². The van der Waals surface area contributed by atoms with Crippen molar-refractivity contribution in [3.63, 3.8) is 0 Å². The number of nitrogens with one attached hydrogen (secondary N) is 1. The topological polar surface area (TPSA) is 32.3 Å². The second kappa shape index (κ2) is 4.61. The van der Waals surface area contributed by atoms with Gasteiger partial charge in [0.05, 0.1) is 0 Å². The highest BCUT2D eigenvalue weighted by atomic mass is 16.2. The van der Waals surface area contributed by atoms with Gasteiger partial charge in [0, 0.05) is 32.1 Å². The molecule has 0 atom stereocenters. The van der Waals surface area contributed by atoms with Gasteiger partial charge >= 0.3 is 0 Å². The molecular formula is C10H20N2O. The normalized spacial score (nSPS) is 16.3. The van der Waals surface area contributed by atoms with E-state index in [4.69, 9.17) is 0 Å². The van der Waals surface area contributed by atoms with Crippen LogP contribution >= 0.6 is 0 Å². The molecule has 0 saturated heterocycles. The lowest BCUT2D eigenvalue weighted by molar-refractivity contribution is -0.131. The highest BCUT2D eigenvalue weighted by molar-refractivity contribution is 5.80. The third kappa shape index (κ3) is 3.77. The molecular weight excluding hydrogens is 164 g/mol. The largest absolute Gasteiger partial charge is 0.344 e. The van der Waals surface area contributed by atoms with Gasteiger partial charge in [-0.05, 0) is 12.8 Å². The molecule has 0 unspecified atom stereocenters. The van der Waals surface area contributed by atoms with Crippen LogP contribution in [0.4, 0.5) is 0 Å². The Morgan fingerprint density at radius 2 is 2.15 bits per heavy atom. The summed E-state index contributed by atoms with van der Waals surface area (Å²) in [5.41, 5.74) is 0. The monoisotopic (exact) mass is 184 g/mol. The number of hydrogen-bond acceptors (Lipinski definition) is 2. The van der Waals surface area contributed by atoms with E-state index in [1.165, 1.54) is 0 Å². The van der Waals surface area contributed by atoms with Gasteiger partial charge in [-0.15, -0.1) is 0 Å². The minimum absolute atomic E-state index is 0.325. The van der Waals surface area contributed by atoms with Crippen LogP contribution in [0.5, 0.6) is 0 Å². The van der Waals surface area contributed by atoms with Gasteiger partial charge in [-0.25, -0.2) is 0 Å². The van der Waals surface area contributed by atoms with Crippen LogP contribution in [0.25, 0.3) is 0 Å². The molecule has 0 spiro atoms. The van der Waals surface area contributed by atoms with Crippen molar-refractivity contribution in [1.82, 2.24) is 10.2 Å². The van der Waals surface area contributed by atoms with Crippen molar-refractivity contribution in [3.8, 4) is 0 Å². The summed E-state index contributed by atoms with van der Waals surface area (Å²) in [6.45, 7) is 5.95. The van der Waals surface area contributed by atoms with Crippen molar-refractivity contribution in [1.29, 1.82) is 0 Å². The summed E-state index contributed by atoms with van der Waals surface area (Å²) in [6.07, 6.45) is 2.20. The fraction of sp³-hybridized carbons (Fsp3) is 0.900. The van der Waals surface area contributed by atoms with E-state index in [1.54, 1.807) is 0 Å². The van der Waals surface area contributed by atoms with Crippen LogP contribution in [-0.2, 0) is 4.79 Å². The van der Waals surface area contributed by atoms with E-state index in [2.05, 4.69) is 19.2 Å². The molecule has 1 fully saturated rings. The smallest absolute Gasteiger partial charge is 0.225 e. The predicted molar refractivity (Wildman–Crippen MR) is 53.5 cm³/mol. The number of carbonyl (C=O) groups is 1. The van der Waals surface area contributed by atoms with E-state index in [1.807, 2.05) is 11.9 Å². The maximum Gasteiger partial charge on any atom is 0.225 e. The third-order valence-electron chi connectivity index (χ3n) is 2.30. The van der Waals surface area contributed by atoms with E-state index in [-0.39, 0.29) is 0 Å². The molecule has 1 rings (SSSR count). The molecule has 1 aliphatic carbocycles. The molecule has 1 saturated carbocycles. The molecule has 0 radical (unpaired) electrons. The van der Waals surface area contributed by atoms with Crippen molar-refractivity contribution >= 4 is 5.91 Å². The lowest BCUT2D eigenvalue weighted by atomic mass is 10.3. The Morgan fingerprint density at radius 1 is 1.54 bits per heavy atom. The fourth-order valence-electron chi connectivity index (χ4n) is 1.27. The van der Waals surface area contributed by atoms with Crippen LogP contribution < -0.4 is 5.32 Å². The van der Waals surface area contributed by atoms with Crippen LogP contribution in [0, 0.1) is 5.92 Å². The van der Waals surface area contributed by atoms with Crippen LogP contribution in [0.2, 0.25) is 0 Å². The molecule has 0 aromatic carbocycles. The first-order valence-corrected chi connectivity index (χ1v) is 5.09. The second-order valence-electron chi connectivity index (χ2n) is 4.14. The predicted octanol–water partition coefficient (Wildman–Crippen LogP) is 0.853.